The van der Waals surface area contributed by atoms with E-state index in [2.05, 4.69) is 17.0 Å². The molecule has 2 aromatic rings. The van der Waals surface area contributed by atoms with E-state index < -0.39 is 0 Å². The summed E-state index contributed by atoms with van der Waals surface area (Å²) in [6, 6.07) is 14.2. The van der Waals surface area contributed by atoms with E-state index in [1.165, 1.54) is 31.5 Å². The molecule has 0 N–H and O–H groups in total. The minimum absolute atomic E-state index is 0.748. The molecule has 1 fully saturated rings. The Hall–Kier alpha value is -1.02. The summed E-state index contributed by atoms with van der Waals surface area (Å²) in [7, 11) is 0. The third-order valence-corrected chi connectivity index (χ3v) is 4.37. The van der Waals surface area contributed by atoms with Crippen molar-refractivity contribution < 1.29 is 0 Å². The summed E-state index contributed by atoms with van der Waals surface area (Å²) in [5, 5.41) is 1.54. The minimum Gasteiger partial charge on any atom is -0.299 e. The summed E-state index contributed by atoms with van der Waals surface area (Å²) in [5.41, 5.74) is 3.52. The van der Waals surface area contributed by atoms with Crippen LogP contribution in [0.1, 0.15) is 18.4 Å². The first-order valence-electron chi connectivity index (χ1n) is 6.99. The average molecular weight is 306 g/mol. The molecule has 0 amide bonds. The minimum atomic E-state index is 0.748. The van der Waals surface area contributed by atoms with E-state index in [9.17, 15) is 0 Å². The van der Waals surface area contributed by atoms with Crippen LogP contribution in [0.25, 0.3) is 11.1 Å². The van der Waals surface area contributed by atoms with E-state index in [4.69, 9.17) is 23.2 Å². The summed E-state index contributed by atoms with van der Waals surface area (Å²) < 4.78 is 0. The van der Waals surface area contributed by atoms with Crippen LogP contribution >= 0.6 is 23.2 Å². The van der Waals surface area contributed by atoms with Gasteiger partial charge in [0.25, 0.3) is 0 Å². The molecule has 0 radical (unpaired) electrons. The van der Waals surface area contributed by atoms with Gasteiger partial charge in [-0.05, 0) is 61.3 Å². The first-order valence-corrected chi connectivity index (χ1v) is 7.75. The summed E-state index contributed by atoms with van der Waals surface area (Å²) in [6.45, 7) is 3.43. The monoisotopic (exact) mass is 305 g/mol. The molecule has 0 aliphatic carbocycles. The van der Waals surface area contributed by atoms with Gasteiger partial charge in [-0.15, -0.1) is 0 Å². The summed E-state index contributed by atoms with van der Waals surface area (Å²) in [5.74, 6) is 0. The molecule has 2 aromatic carbocycles. The predicted octanol–water partition coefficient (Wildman–Crippen LogP) is 5.26. The molecular weight excluding hydrogens is 289 g/mol. The van der Waals surface area contributed by atoms with Crippen molar-refractivity contribution in [3.05, 3.63) is 58.1 Å². The third-order valence-electron chi connectivity index (χ3n) is 3.79. The molecule has 3 heteroatoms. The van der Waals surface area contributed by atoms with Crippen LogP contribution < -0.4 is 0 Å². The van der Waals surface area contributed by atoms with E-state index in [1.807, 2.05) is 30.3 Å². The van der Waals surface area contributed by atoms with Gasteiger partial charge in [-0.25, -0.2) is 0 Å². The molecule has 0 saturated carbocycles. The van der Waals surface area contributed by atoms with Crippen molar-refractivity contribution in [2.45, 2.75) is 19.4 Å². The van der Waals surface area contributed by atoms with Crippen molar-refractivity contribution in [1.29, 1.82) is 0 Å². The van der Waals surface area contributed by atoms with Crippen molar-refractivity contribution in [2.24, 2.45) is 0 Å². The second-order valence-electron chi connectivity index (χ2n) is 5.30. The van der Waals surface area contributed by atoms with Crippen LogP contribution in [0.5, 0.6) is 0 Å². The number of nitrogens with zero attached hydrogens (tertiary/aromatic N) is 1. The SMILES string of the molecule is Clc1ccc(-c2cc(CN3CCCC3)ccc2Cl)cc1. The van der Waals surface area contributed by atoms with E-state index in [1.54, 1.807) is 0 Å². The van der Waals surface area contributed by atoms with Crippen molar-refractivity contribution >= 4 is 23.2 Å². The number of hydrogen-bond acceptors (Lipinski definition) is 1. The molecule has 0 bridgehead atoms. The maximum Gasteiger partial charge on any atom is 0.0484 e. The van der Waals surface area contributed by atoms with Crippen molar-refractivity contribution in [3.8, 4) is 11.1 Å². The van der Waals surface area contributed by atoms with Gasteiger partial charge in [0.15, 0.2) is 0 Å². The van der Waals surface area contributed by atoms with Crippen molar-refractivity contribution in [1.82, 2.24) is 4.90 Å². The molecule has 1 saturated heterocycles. The molecule has 1 nitrogen and oxygen atoms in total. The van der Waals surface area contributed by atoms with E-state index in [-0.39, 0.29) is 0 Å². The Morgan fingerprint density at radius 2 is 1.60 bits per heavy atom. The van der Waals surface area contributed by atoms with Gasteiger partial charge in [0.2, 0.25) is 0 Å². The molecule has 0 atom stereocenters. The van der Waals surface area contributed by atoms with Crippen LogP contribution in [0.15, 0.2) is 42.5 Å². The summed E-state index contributed by atoms with van der Waals surface area (Å²) >= 11 is 12.3. The highest BCUT2D eigenvalue weighted by molar-refractivity contribution is 6.33. The van der Waals surface area contributed by atoms with E-state index >= 15 is 0 Å². The smallest absolute Gasteiger partial charge is 0.0484 e. The maximum atomic E-state index is 6.34. The molecular formula is C17H17Cl2N. The number of likely N-dealkylation sites (tertiary alicyclic amines) is 1. The molecule has 1 heterocycles. The lowest BCUT2D eigenvalue weighted by molar-refractivity contribution is 0.331. The lowest BCUT2D eigenvalue weighted by Crippen LogP contribution is -2.18. The molecule has 1 aliphatic rings. The number of rotatable bonds is 3. The molecule has 0 unspecified atom stereocenters. The van der Waals surface area contributed by atoms with E-state index in [0.717, 1.165) is 27.7 Å². The number of hydrogen-bond donors (Lipinski definition) is 0. The summed E-state index contributed by atoms with van der Waals surface area (Å²) in [6.07, 6.45) is 2.63. The predicted molar refractivity (Wildman–Crippen MR) is 86.4 cm³/mol. The summed E-state index contributed by atoms with van der Waals surface area (Å²) in [4.78, 5) is 2.49. The zero-order valence-electron chi connectivity index (χ0n) is 11.3. The second kappa shape index (κ2) is 6.17. The largest absolute Gasteiger partial charge is 0.299 e. The fourth-order valence-corrected chi connectivity index (χ4v) is 3.07. The molecule has 104 valence electrons. The highest BCUT2D eigenvalue weighted by Crippen LogP contribution is 2.30. The molecule has 20 heavy (non-hydrogen) atoms. The van der Waals surface area contributed by atoms with Gasteiger partial charge in [-0.2, -0.15) is 0 Å². The van der Waals surface area contributed by atoms with Crippen LogP contribution in [-0.4, -0.2) is 18.0 Å². The quantitative estimate of drug-likeness (QED) is 0.748. The first-order chi connectivity index (χ1) is 9.72. The van der Waals surface area contributed by atoms with Gasteiger partial charge in [0.05, 0.1) is 0 Å². The van der Waals surface area contributed by atoms with Gasteiger partial charge in [0, 0.05) is 22.2 Å². The Kier molecular flexibility index (Phi) is 4.30. The van der Waals surface area contributed by atoms with Gasteiger partial charge in [-0.3, -0.25) is 4.90 Å². The molecule has 1 aliphatic heterocycles. The van der Waals surface area contributed by atoms with Crippen LogP contribution in [0, 0.1) is 0 Å². The number of benzene rings is 2. The van der Waals surface area contributed by atoms with Gasteiger partial charge >= 0.3 is 0 Å². The highest BCUT2D eigenvalue weighted by atomic mass is 35.5. The molecule has 0 aromatic heterocycles. The zero-order chi connectivity index (χ0) is 13.9. The third kappa shape index (κ3) is 3.17. The van der Waals surface area contributed by atoms with Crippen LogP contribution in [0.3, 0.4) is 0 Å². The normalized spacial score (nSPS) is 15.7. The second-order valence-corrected chi connectivity index (χ2v) is 6.15. The van der Waals surface area contributed by atoms with Gasteiger partial charge < -0.3 is 0 Å². The van der Waals surface area contributed by atoms with Gasteiger partial charge in [-0.1, -0.05) is 41.4 Å². The standard InChI is InChI=1S/C17H17Cl2N/c18-15-6-4-14(5-7-15)16-11-13(3-8-17(16)19)12-20-9-1-2-10-20/h3-8,11H,1-2,9-10,12H2. The van der Waals surface area contributed by atoms with Crippen LogP contribution in [-0.2, 0) is 6.54 Å². The lowest BCUT2D eigenvalue weighted by atomic mass is 10.0. The Balaban J connectivity index is 1.87. The molecule has 0 spiro atoms. The van der Waals surface area contributed by atoms with E-state index in [0.29, 0.717) is 0 Å². The fraction of sp³-hybridized carbons (Fsp3) is 0.294. The Labute approximate surface area is 130 Å². The number of halogens is 2. The molecule has 3 rings (SSSR count). The Morgan fingerprint density at radius 1 is 0.900 bits per heavy atom. The topological polar surface area (TPSA) is 3.24 Å². The Morgan fingerprint density at radius 3 is 2.30 bits per heavy atom. The zero-order valence-corrected chi connectivity index (χ0v) is 12.8. The highest BCUT2D eigenvalue weighted by Gasteiger charge is 2.13. The average Bonchev–Trinajstić information content (AvgIpc) is 2.95. The van der Waals surface area contributed by atoms with Crippen LogP contribution in [0.4, 0.5) is 0 Å². The Bertz CT molecular complexity index is 586. The fourth-order valence-electron chi connectivity index (χ4n) is 2.72. The van der Waals surface area contributed by atoms with Crippen molar-refractivity contribution in [3.63, 3.8) is 0 Å². The lowest BCUT2D eigenvalue weighted by Gasteiger charge is -2.16. The van der Waals surface area contributed by atoms with Gasteiger partial charge in [0.1, 0.15) is 0 Å². The van der Waals surface area contributed by atoms with Crippen LogP contribution in [0.2, 0.25) is 10.0 Å². The maximum absolute atomic E-state index is 6.34. The first kappa shape index (κ1) is 13.9. The van der Waals surface area contributed by atoms with Crippen molar-refractivity contribution in [2.75, 3.05) is 13.1 Å².